The third-order valence-corrected chi connectivity index (χ3v) is 8.47. The van der Waals surface area contributed by atoms with Crippen LogP contribution in [0.5, 0.6) is 0 Å². The Labute approximate surface area is 180 Å². The number of amides is 1. The summed E-state index contributed by atoms with van der Waals surface area (Å²) in [6.07, 6.45) is 0. The van der Waals surface area contributed by atoms with Crippen LogP contribution < -0.4 is 5.32 Å². The summed E-state index contributed by atoms with van der Waals surface area (Å²) in [4.78, 5) is 13.4. The van der Waals surface area contributed by atoms with Crippen LogP contribution in [0.2, 0.25) is 0 Å². The Bertz CT molecular complexity index is 1150. The number of para-hydroxylation sites is 1. The molecule has 0 atom stereocenters. The lowest BCUT2D eigenvalue weighted by molar-refractivity contribution is 0.0731. The molecule has 1 fully saturated rings. The van der Waals surface area contributed by atoms with Gasteiger partial charge >= 0.3 is 0 Å². The zero-order valence-corrected chi connectivity index (χ0v) is 18.1. The van der Waals surface area contributed by atoms with E-state index in [4.69, 9.17) is 4.74 Å². The maximum Gasteiger partial charge on any atom is 0.255 e. The van der Waals surface area contributed by atoms with Crippen LogP contribution >= 0.6 is 11.3 Å². The Morgan fingerprint density at radius 2 is 1.70 bits per heavy atom. The van der Waals surface area contributed by atoms with Crippen LogP contribution in [0.25, 0.3) is 10.4 Å². The van der Waals surface area contributed by atoms with Gasteiger partial charge in [0, 0.05) is 29.2 Å². The molecule has 6 nitrogen and oxygen atoms in total. The molecule has 0 unspecified atom stereocenters. The van der Waals surface area contributed by atoms with Gasteiger partial charge in [0.1, 0.15) is 4.21 Å². The number of thiophene rings is 1. The first-order valence-corrected chi connectivity index (χ1v) is 11.9. The fourth-order valence-corrected chi connectivity index (χ4v) is 6.10. The predicted octanol–water partition coefficient (Wildman–Crippen LogP) is 4.00. The van der Waals surface area contributed by atoms with Gasteiger partial charge in [-0.1, -0.05) is 30.3 Å². The van der Waals surface area contributed by atoms with Crippen molar-refractivity contribution in [1.29, 1.82) is 0 Å². The topological polar surface area (TPSA) is 75.7 Å². The van der Waals surface area contributed by atoms with Crippen molar-refractivity contribution in [1.82, 2.24) is 4.31 Å². The zero-order valence-electron chi connectivity index (χ0n) is 16.5. The van der Waals surface area contributed by atoms with Crippen molar-refractivity contribution in [2.45, 2.75) is 11.1 Å². The molecule has 0 spiro atoms. The molecule has 1 amide bonds. The Morgan fingerprint density at radius 3 is 2.40 bits per heavy atom. The Balaban J connectivity index is 1.49. The number of rotatable bonds is 5. The molecule has 4 rings (SSSR count). The Morgan fingerprint density at radius 1 is 1.00 bits per heavy atom. The molecule has 2 heterocycles. The molecule has 0 aliphatic carbocycles. The summed E-state index contributed by atoms with van der Waals surface area (Å²) in [7, 11) is -3.50. The van der Waals surface area contributed by atoms with Gasteiger partial charge in [-0.2, -0.15) is 4.31 Å². The standard InChI is InChI=1S/C22H22N2O4S2/c1-16-4-2-3-5-19(16)23-22(25)18-8-6-17(7-9-18)20-10-11-21(29-20)30(26,27)24-12-14-28-15-13-24/h2-11H,12-15H2,1H3,(H,23,25). The van der Waals surface area contributed by atoms with E-state index in [1.807, 2.05) is 43.3 Å². The van der Waals surface area contributed by atoms with Gasteiger partial charge in [0.2, 0.25) is 0 Å². The van der Waals surface area contributed by atoms with Crippen molar-refractivity contribution < 1.29 is 17.9 Å². The van der Waals surface area contributed by atoms with E-state index in [0.717, 1.165) is 21.7 Å². The third kappa shape index (κ3) is 4.32. The van der Waals surface area contributed by atoms with Crippen LogP contribution in [0, 0.1) is 6.92 Å². The smallest absolute Gasteiger partial charge is 0.255 e. The summed E-state index contributed by atoms with van der Waals surface area (Å²) in [5, 5.41) is 2.91. The predicted molar refractivity (Wildman–Crippen MR) is 118 cm³/mol. The second-order valence-corrected chi connectivity index (χ2v) is 10.2. The highest BCUT2D eigenvalue weighted by atomic mass is 32.2. The fraction of sp³-hybridized carbons (Fsp3) is 0.227. The molecular weight excluding hydrogens is 420 g/mol. The van der Waals surface area contributed by atoms with Crippen molar-refractivity contribution in [2.24, 2.45) is 0 Å². The highest BCUT2D eigenvalue weighted by molar-refractivity contribution is 7.91. The summed E-state index contributed by atoms with van der Waals surface area (Å²) in [5.41, 5.74) is 3.19. The molecule has 2 aromatic carbocycles. The van der Waals surface area contributed by atoms with E-state index in [9.17, 15) is 13.2 Å². The van der Waals surface area contributed by atoms with Crippen molar-refractivity contribution in [2.75, 3.05) is 31.6 Å². The lowest BCUT2D eigenvalue weighted by Crippen LogP contribution is -2.40. The number of nitrogens with one attached hydrogen (secondary N) is 1. The van der Waals surface area contributed by atoms with Crippen molar-refractivity contribution in [3.8, 4) is 10.4 Å². The minimum Gasteiger partial charge on any atom is -0.379 e. The van der Waals surface area contributed by atoms with Gasteiger partial charge in [-0.15, -0.1) is 11.3 Å². The summed E-state index contributed by atoms with van der Waals surface area (Å²) in [6, 6.07) is 18.2. The number of morpholine rings is 1. The highest BCUT2D eigenvalue weighted by Crippen LogP contribution is 2.32. The van der Waals surface area contributed by atoms with E-state index < -0.39 is 10.0 Å². The number of hydrogen-bond donors (Lipinski definition) is 1. The van der Waals surface area contributed by atoms with E-state index in [2.05, 4.69) is 5.32 Å². The summed E-state index contributed by atoms with van der Waals surface area (Å²) in [5.74, 6) is -0.183. The average molecular weight is 443 g/mol. The number of sulfonamides is 1. The number of aryl methyl sites for hydroxylation is 1. The first kappa shape index (κ1) is 20.7. The lowest BCUT2D eigenvalue weighted by atomic mass is 10.1. The van der Waals surface area contributed by atoms with E-state index in [0.29, 0.717) is 36.1 Å². The third-order valence-electron chi connectivity index (χ3n) is 4.97. The molecule has 30 heavy (non-hydrogen) atoms. The molecule has 0 bridgehead atoms. The van der Waals surface area contributed by atoms with Gasteiger partial charge in [-0.05, 0) is 48.4 Å². The minimum absolute atomic E-state index is 0.183. The number of carbonyl (C=O) groups excluding carboxylic acids is 1. The normalized spacial score (nSPS) is 15.1. The number of nitrogens with zero attached hydrogens (tertiary/aromatic N) is 1. The van der Waals surface area contributed by atoms with E-state index >= 15 is 0 Å². The van der Waals surface area contributed by atoms with Crippen LogP contribution in [0.15, 0.2) is 64.9 Å². The molecule has 0 saturated carbocycles. The van der Waals surface area contributed by atoms with Crippen molar-refractivity contribution >= 4 is 33.0 Å². The van der Waals surface area contributed by atoms with E-state index in [1.54, 1.807) is 24.3 Å². The van der Waals surface area contributed by atoms with Crippen LogP contribution in [0.3, 0.4) is 0 Å². The molecule has 1 aliphatic rings. The average Bonchev–Trinajstić information content (AvgIpc) is 3.27. The Hall–Kier alpha value is -2.52. The summed E-state index contributed by atoms with van der Waals surface area (Å²) in [6.45, 7) is 3.53. The lowest BCUT2D eigenvalue weighted by Gasteiger charge is -2.25. The molecule has 1 aromatic heterocycles. The monoisotopic (exact) mass is 442 g/mol. The molecular formula is C22H22N2O4S2. The van der Waals surface area contributed by atoms with E-state index in [1.165, 1.54) is 15.6 Å². The number of benzene rings is 2. The van der Waals surface area contributed by atoms with Crippen molar-refractivity contribution in [3.63, 3.8) is 0 Å². The van der Waals surface area contributed by atoms with Gasteiger partial charge in [0.05, 0.1) is 13.2 Å². The highest BCUT2D eigenvalue weighted by Gasteiger charge is 2.27. The molecule has 1 aliphatic heterocycles. The number of anilines is 1. The second-order valence-electron chi connectivity index (χ2n) is 6.98. The quantitative estimate of drug-likeness (QED) is 0.648. The fourth-order valence-electron chi connectivity index (χ4n) is 3.22. The summed E-state index contributed by atoms with van der Waals surface area (Å²) >= 11 is 1.23. The first-order valence-electron chi connectivity index (χ1n) is 9.60. The second kappa shape index (κ2) is 8.69. The SMILES string of the molecule is Cc1ccccc1NC(=O)c1ccc(-c2ccc(S(=O)(=O)N3CCOCC3)s2)cc1. The molecule has 3 aromatic rings. The van der Waals surface area contributed by atoms with Gasteiger partial charge < -0.3 is 10.1 Å². The van der Waals surface area contributed by atoms with Crippen LogP contribution in [-0.2, 0) is 14.8 Å². The van der Waals surface area contributed by atoms with Crippen LogP contribution in [0.4, 0.5) is 5.69 Å². The van der Waals surface area contributed by atoms with Gasteiger partial charge in [-0.25, -0.2) is 8.42 Å². The number of hydrogen-bond acceptors (Lipinski definition) is 5. The molecule has 0 radical (unpaired) electrons. The van der Waals surface area contributed by atoms with Gasteiger partial charge in [-0.3, -0.25) is 4.79 Å². The molecule has 1 N–H and O–H groups in total. The van der Waals surface area contributed by atoms with Gasteiger partial charge in [0.25, 0.3) is 15.9 Å². The van der Waals surface area contributed by atoms with Crippen LogP contribution in [0.1, 0.15) is 15.9 Å². The molecule has 156 valence electrons. The first-order chi connectivity index (χ1) is 14.4. The van der Waals surface area contributed by atoms with E-state index in [-0.39, 0.29) is 5.91 Å². The number of carbonyl (C=O) groups is 1. The maximum atomic E-state index is 12.8. The summed E-state index contributed by atoms with van der Waals surface area (Å²) < 4.78 is 32.6. The minimum atomic E-state index is -3.50. The Kier molecular flexibility index (Phi) is 6.01. The van der Waals surface area contributed by atoms with Gasteiger partial charge in [0.15, 0.2) is 0 Å². The zero-order chi connectivity index (χ0) is 21.1. The molecule has 8 heteroatoms. The molecule has 1 saturated heterocycles. The van der Waals surface area contributed by atoms with Crippen LogP contribution in [-0.4, -0.2) is 44.9 Å². The maximum absolute atomic E-state index is 12.8. The number of ether oxygens (including phenoxy) is 1. The largest absolute Gasteiger partial charge is 0.379 e. The van der Waals surface area contributed by atoms with Crippen molar-refractivity contribution in [3.05, 3.63) is 71.8 Å².